The Morgan fingerprint density at radius 2 is 2.00 bits per heavy atom. The van der Waals surface area contributed by atoms with Gasteiger partial charge in [0, 0.05) is 17.5 Å². The van der Waals surface area contributed by atoms with Crippen LogP contribution in [0.25, 0.3) is 0 Å². The Morgan fingerprint density at radius 3 is 2.68 bits per heavy atom. The van der Waals surface area contributed by atoms with Crippen LogP contribution >= 0.6 is 0 Å². The van der Waals surface area contributed by atoms with Crippen LogP contribution in [0.5, 0.6) is 0 Å². The highest BCUT2D eigenvalue weighted by atomic mass is 32.2. The number of nitrogens with one attached hydrogen (secondary N) is 1. The Labute approximate surface area is 164 Å². The van der Waals surface area contributed by atoms with Crippen LogP contribution < -0.4 is 5.32 Å². The van der Waals surface area contributed by atoms with E-state index in [1.807, 2.05) is 20.8 Å². The Morgan fingerprint density at radius 1 is 1.25 bits per heavy atom. The zero-order valence-corrected chi connectivity index (χ0v) is 16.7. The van der Waals surface area contributed by atoms with Crippen molar-refractivity contribution < 1.29 is 17.6 Å². The Bertz CT molecular complexity index is 1020. The van der Waals surface area contributed by atoms with Crippen molar-refractivity contribution in [3.05, 3.63) is 54.0 Å². The second-order valence-electron chi connectivity index (χ2n) is 7.32. The summed E-state index contributed by atoms with van der Waals surface area (Å²) < 4.78 is 33.8. The first-order chi connectivity index (χ1) is 13.2. The Balaban J connectivity index is 1.88. The number of carbonyl (C=O) groups excluding carboxylic acids is 1. The van der Waals surface area contributed by atoms with Gasteiger partial charge in [-0.05, 0) is 45.0 Å². The van der Waals surface area contributed by atoms with Gasteiger partial charge in [0.1, 0.15) is 10.7 Å². The van der Waals surface area contributed by atoms with E-state index in [4.69, 9.17) is 4.42 Å². The molecular formula is C19H22N4O4S. The summed E-state index contributed by atoms with van der Waals surface area (Å²) in [6.07, 6.45) is 3.08. The third-order valence-electron chi connectivity index (χ3n) is 3.79. The molecule has 1 N–H and O–H groups in total. The number of hydrogen-bond donors (Lipinski definition) is 1. The molecule has 0 spiro atoms. The highest BCUT2D eigenvalue weighted by molar-refractivity contribution is 7.90. The van der Waals surface area contributed by atoms with Gasteiger partial charge in [0.05, 0.1) is 19.0 Å². The molecule has 0 unspecified atom stereocenters. The maximum Gasteiger partial charge on any atom is 0.285 e. The van der Waals surface area contributed by atoms with E-state index < -0.39 is 10.0 Å². The maximum absolute atomic E-state index is 12.4. The highest BCUT2D eigenvalue weighted by Crippen LogP contribution is 2.27. The van der Waals surface area contributed by atoms with Crippen molar-refractivity contribution in [3.8, 4) is 0 Å². The van der Waals surface area contributed by atoms with Crippen LogP contribution in [0.15, 0.2) is 61.5 Å². The van der Waals surface area contributed by atoms with Crippen LogP contribution in [0.3, 0.4) is 0 Å². The number of fused-ring (bicyclic) bond motifs is 1. The zero-order chi connectivity index (χ0) is 20.4. The smallest absolute Gasteiger partial charge is 0.285 e. The second kappa shape index (κ2) is 7.59. The van der Waals surface area contributed by atoms with Crippen LogP contribution in [0.4, 0.5) is 0 Å². The van der Waals surface area contributed by atoms with Crippen LogP contribution in [0, 0.1) is 0 Å². The molecule has 0 fully saturated rings. The zero-order valence-electron chi connectivity index (χ0n) is 15.9. The van der Waals surface area contributed by atoms with Crippen LogP contribution in [-0.4, -0.2) is 43.5 Å². The lowest BCUT2D eigenvalue weighted by Crippen LogP contribution is -2.42. The molecule has 28 heavy (non-hydrogen) atoms. The molecule has 0 bridgehead atoms. The molecule has 0 atom stereocenters. The average Bonchev–Trinajstić information content (AvgIpc) is 3.20. The van der Waals surface area contributed by atoms with Crippen molar-refractivity contribution in [1.29, 1.82) is 0 Å². The fourth-order valence-electron chi connectivity index (χ4n) is 2.67. The van der Waals surface area contributed by atoms with E-state index in [1.165, 1.54) is 23.6 Å². The summed E-state index contributed by atoms with van der Waals surface area (Å²) in [7, 11) is -3.79. The summed E-state index contributed by atoms with van der Waals surface area (Å²) in [6.45, 7) is 5.83. The van der Waals surface area contributed by atoms with Crippen LogP contribution in [-0.2, 0) is 14.8 Å². The fraction of sp³-hybridized carbons (Fsp3) is 0.316. The molecule has 1 aromatic carbocycles. The molecule has 2 heterocycles. The molecule has 0 saturated carbocycles. The summed E-state index contributed by atoms with van der Waals surface area (Å²) >= 11 is 0. The van der Waals surface area contributed by atoms with Crippen LogP contribution in [0.2, 0.25) is 0 Å². The summed E-state index contributed by atoms with van der Waals surface area (Å²) in [5.41, 5.74) is 0.0931. The second-order valence-corrected chi connectivity index (χ2v) is 8.89. The molecule has 148 valence electrons. The fourth-order valence-corrected chi connectivity index (χ4v) is 3.88. The maximum atomic E-state index is 12.4. The van der Waals surface area contributed by atoms with Gasteiger partial charge < -0.3 is 9.73 Å². The molecular weight excluding hydrogens is 380 g/mol. The van der Waals surface area contributed by atoms with Gasteiger partial charge >= 0.3 is 0 Å². The van der Waals surface area contributed by atoms with E-state index in [9.17, 15) is 13.2 Å². The van der Waals surface area contributed by atoms with Gasteiger partial charge in [0.25, 0.3) is 10.0 Å². The predicted molar refractivity (Wildman–Crippen MR) is 106 cm³/mol. The van der Waals surface area contributed by atoms with Crippen molar-refractivity contribution in [1.82, 2.24) is 10.3 Å². The van der Waals surface area contributed by atoms with Crippen molar-refractivity contribution in [2.45, 2.75) is 37.6 Å². The molecule has 1 aliphatic rings. The lowest BCUT2D eigenvalue weighted by atomic mass is 10.1. The molecule has 1 aliphatic heterocycles. The van der Waals surface area contributed by atoms with Crippen molar-refractivity contribution in [3.63, 3.8) is 0 Å². The quantitative estimate of drug-likeness (QED) is 0.611. The Hall–Kier alpha value is -2.94. The van der Waals surface area contributed by atoms with Gasteiger partial charge in [-0.3, -0.25) is 4.79 Å². The number of nitrogens with zero attached hydrogens (tertiary/aromatic N) is 3. The number of hydrazone groups is 1. The molecule has 1 amide bonds. The van der Waals surface area contributed by atoms with Crippen molar-refractivity contribution in [2.24, 2.45) is 9.50 Å². The number of carbonyl (C=O) groups is 1. The number of amides is 1. The number of furan rings is 1. The number of sulfonamides is 1. The van der Waals surface area contributed by atoms with Gasteiger partial charge in [0.2, 0.25) is 5.91 Å². The van der Waals surface area contributed by atoms with Gasteiger partial charge in [-0.15, -0.1) is 4.40 Å². The number of hydrogen-bond acceptors (Lipinski definition) is 6. The summed E-state index contributed by atoms with van der Waals surface area (Å²) in [6, 6.07) is 9.98. The third kappa shape index (κ3) is 4.66. The summed E-state index contributed by atoms with van der Waals surface area (Å²) in [4.78, 5) is 12.3. The molecule has 3 rings (SSSR count). The van der Waals surface area contributed by atoms with Crippen molar-refractivity contribution >= 4 is 28.0 Å². The van der Waals surface area contributed by atoms with E-state index in [0.29, 0.717) is 11.3 Å². The minimum Gasteiger partial charge on any atom is -0.463 e. The standard InChI is InChI=1S/C19H22N4O4S/c1-19(2,3)21-17(24)10-11-23(20-13-14-7-6-12-27-14)18-15-8-4-5-9-16(15)28(25,26)22-18/h4-9,12-13H,10-11H2,1-3H3,(H,21,24)/b20-13+. The third-order valence-corrected chi connectivity index (χ3v) is 5.11. The minimum absolute atomic E-state index is 0.119. The number of benzene rings is 1. The lowest BCUT2D eigenvalue weighted by Gasteiger charge is -2.22. The van der Waals surface area contributed by atoms with Gasteiger partial charge in [-0.2, -0.15) is 13.5 Å². The molecule has 0 aliphatic carbocycles. The number of rotatable bonds is 5. The predicted octanol–water partition coefficient (Wildman–Crippen LogP) is 2.37. The SMILES string of the molecule is CC(C)(C)NC(=O)CCN(/N=C/c1ccco1)C1=NS(=O)(=O)c2ccccc21. The summed E-state index contributed by atoms with van der Waals surface area (Å²) in [5, 5.41) is 8.61. The largest absolute Gasteiger partial charge is 0.463 e. The molecule has 0 radical (unpaired) electrons. The monoisotopic (exact) mass is 402 g/mol. The molecule has 8 nitrogen and oxygen atoms in total. The first-order valence-corrected chi connectivity index (χ1v) is 10.2. The van der Waals surface area contributed by atoms with Crippen LogP contribution in [0.1, 0.15) is 38.5 Å². The average molecular weight is 402 g/mol. The Kier molecular flexibility index (Phi) is 5.37. The van der Waals surface area contributed by atoms with E-state index >= 15 is 0 Å². The van der Waals surface area contributed by atoms with Gasteiger partial charge in [-0.1, -0.05) is 12.1 Å². The molecule has 9 heteroatoms. The van der Waals surface area contributed by atoms with E-state index in [0.717, 1.165) is 0 Å². The lowest BCUT2D eigenvalue weighted by molar-refractivity contribution is -0.122. The normalized spacial score (nSPS) is 15.3. The van der Waals surface area contributed by atoms with E-state index in [-0.39, 0.29) is 35.1 Å². The molecule has 1 aromatic heterocycles. The first kappa shape index (κ1) is 19.8. The van der Waals surface area contributed by atoms with Crippen molar-refractivity contribution in [2.75, 3.05) is 6.54 Å². The summed E-state index contributed by atoms with van der Waals surface area (Å²) in [5.74, 6) is 0.515. The van der Waals surface area contributed by atoms with Gasteiger partial charge in [0.15, 0.2) is 5.84 Å². The number of amidine groups is 1. The first-order valence-electron chi connectivity index (χ1n) is 8.76. The van der Waals surface area contributed by atoms with Gasteiger partial charge in [-0.25, -0.2) is 5.01 Å². The molecule has 0 saturated heterocycles. The van der Waals surface area contributed by atoms with E-state index in [1.54, 1.807) is 30.3 Å². The van der Waals surface area contributed by atoms with E-state index in [2.05, 4.69) is 14.8 Å². The topological polar surface area (TPSA) is 104 Å². The highest BCUT2D eigenvalue weighted by Gasteiger charge is 2.32. The molecule has 2 aromatic rings. The minimum atomic E-state index is -3.79.